The van der Waals surface area contributed by atoms with E-state index in [0.29, 0.717) is 32.4 Å². The van der Waals surface area contributed by atoms with E-state index in [4.69, 9.17) is 11.6 Å². The molecule has 2 aromatic carbocycles. The van der Waals surface area contributed by atoms with E-state index in [9.17, 15) is 13.9 Å². The highest BCUT2D eigenvalue weighted by atomic mass is 35.5. The highest BCUT2D eigenvalue weighted by Crippen LogP contribution is 2.51. The zero-order chi connectivity index (χ0) is 19.7. The lowest BCUT2D eigenvalue weighted by molar-refractivity contribution is 0.210. The lowest BCUT2D eigenvalue weighted by Gasteiger charge is -2.21. The molecular formula is C22H16ClF2NOS. The summed E-state index contributed by atoms with van der Waals surface area (Å²) in [5, 5.41) is 11.8. The maximum absolute atomic E-state index is 13.8. The Bertz CT molecular complexity index is 1000. The van der Waals surface area contributed by atoms with Crippen LogP contribution in [0.4, 0.5) is 8.78 Å². The topological polar surface area (TPSA) is 33.1 Å². The molecule has 3 aromatic rings. The molecule has 0 saturated carbocycles. The third-order valence-electron chi connectivity index (χ3n) is 4.72. The molecule has 0 amide bonds. The van der Waals surface area contributed by atoms with Gasteiger partial charge in [-0.15, -0.1) is 11.8 Å². The molecule has 1 N–H and O–H groups in total. The van der Waals surface area contributed by atoms with Gasteiger partial charge in [0.2, 0.25) is 0 Å². The predicted molar refractivity (Wildman–Crippen MR) is 109 cm³/mol. The van der Waals surface area contributed by atoms with Crippen molar-refractivity contribution in [2.75, 3.05) is 5.75 Å². The molecule has 2 nitrogen and oxygen atoms in total. The number of halogens is 3. The maximum Gasteiger partial charge on any atom is 0.126 e. The summed E-state index contributed by atoms with van der Waals surface area (Å²) >= 11 is 7.50. The van der Waals surface area contributed by atoms with E-state index in [0.717, 1.165) is 11.6 Å². The van der Waals surface area contributed by atoms with Crippen molar-refractivity contribution in [1.29, 1.82) is 0 Å². The van der Waals surface area contributed by atoms with Crippen molar-refractivity contribution >= 4 is 28.3 Å². The summed E-state index contributed by atoms with van der Waals surface area (Å²) in [7, 11) is 0. The zero-order valence-electron chi connectivity index (χ0n) is 14.6. The molecule has 1 aromatic heterocycles. The molecule has 0 radical (unpaired) electrons. The molecule has 1 aliphatic heterocycles. The Kier molecular flexibility index (Phi) is 5.49. The first kappa shape index (κ1) is 19.1. The van der Waals surface area contributed by atoms with Crippen LogP contribution in [0.3, 0.4) is 0 Å². The number of rotatable bonds is 4. The normalized spacial score (nSPS) is 17.8. The lowest BCUT2D eigenvalue weighted by atomic mass is 9.86. The van der Waals surface area contributed by atoms with Crippen molar-refractivity contribution < 1.29 is 13.9 Å². The van der Waals surface area contributed by atoms with Crippen LogP contribution in [0, 0.1) is 11.6 Å². The monoisotopic (exact) mass is 415 g/mol. The summed E-state index contributed by atoms with van der Waals surface area (Å²) in [6.07, 6.45) is 2.29. The SMILES string of the molecule is OC(C1=C(c2cc(F)cc(F)c2)SCC1c1ccc(Cl)cc1)c1cccnc1. The number of aliphatic hydroxyl groups is 1. The van der Waals surface area contributed by atoms with E-state index in [1.165, 1.54) is 23.9 Å². The van der Waals surface area contributed by atoms with Gasteiger partial charge in [-0.3, -0.25) is 4.98 Å². The summed E-state index contributed by atoms with van der Waals surface area (Å²) in [5.74, 6) is -0.748. The van der Waals surface area contributed by atoms with Gasteiger partial charge in [-0.25, -0.2) is 8.78 Å². The summed E-state index contributed by atoms with van der Waals surface area (Å²) in [5.41, 5.74) is 2.76. The number of hydrogen-bond acceptors (Lipinski definition) is 3. The molecule has 2 heterocycles. The molecule has 2 atom stereocenters. The summed E-state index contributed by atoms with van der Waals surface area (Å²) in [6, 6.07) is 14.4. The number of aliphatic hydroxyl groups excluding tert-OH is 1. The highest BCUT2D eigenvalue weighted by molar-refractivity contribution is 8.08. The summed E-state index contributed by atoms with van der Waals surface area (Å²) in [4.78, 5) is 4.78. The number of pyridine rings is 1. The molecule has 1 aliphatic rings. The maximum atomic E-state index is 13.8. The van der Waals surface area contributed by atoms with Gasteiger partial charge in [0.15, 0.2) is 0 Å². The first-order chi connectivity index (χ1) is 13.5. The van der Waals surface area contributed by atoms with Crippen LogP contribution in [-0.2, 0) is 0 Å². The number of nitrogens with zero attached hydrogens (tertiary/aromatic N) is 1. The molecule has 0 bridgehead atoms. The van der Waals surface area contributed by atoms with Crippen LogP contribution in [0.25, 0.3) is 4.91 Å². The Labute approximate surface area is 170 Å². The molecule has 28 heavy (non-hydrogen) atoms. The summed E-state index contributed by atoms with van der Waals surface area (Å²) in [6.45, 7) is 0. The van der Waals surface area contributed by atoms with Gasteiger partial charge in [-0.05, 0) is 47.0 Å². The van der Waals surface area contributed by atoms with E-state index in [2.05, 4.69) is 4.98 Å². The lowest BCUT2D eigenvalue weighted by Crippen LogP contribution is -2.10. The second-order valence-electron chi connectivity index (χ2n) is 6.55. The third-order valence-corrected chi connectivity index (χ3v) is 6.24. The molecule has 0 aliphatic carbocycles. The molecule has 0 saturated heterocycles. The first-order valence-electron chi connectivity index (χ1n) is 8.69. The van der Waals surface area contributed by atoms with Crippen molar-refractivity contribution in [3.63, 3.8) is 0 Å². The number of benzene rings is 2. The summed E-state index contributed by atoms with van der Waals surface area (Å²) < 4.78 is 27.7. The fourth-order valence-electron chi connectivity index (χ4n) is 3.44. The molecule has 4 rings (SSSR count). The Morgan fingerprint density at radius 3 is 2.43 bits per heavy atom. The Hall–Kier alpha value is -2.21. The van der Waals surface area contributed by atoms with Crippen molar-refractivity contribution in [2.45, 2.75) is 12.0 Å². The fourth-order valence-corrected chi connectivity index (χ4v) is 4.97. The van der Waals surface area contributed by atoms with Crippen LogP contribution >= 0.6 is 23.4 Å². The average molecular weight is 416 g/mol. The molecule has 2 unspecified atom stereocenters. The minimum absolute atomic E-state index is 0.112. The molecule has 0 spiro atoms. The predicted octanol–water partition coefficient (Wildman–Crippen LogP) is 5.99. The standard InChI is InChI=1S/C22H16ClF2NOS/c23-16-5-3-13(4-6-16)19-12-28-22(15-8-17(24)10-18(25)9-15)20(19)21(27)14-2-1-7-26-11-14/h1-11,19,21,27H,12H2. The molecule has 0 fully saturated rings. The smallest absolute Gasteiger partial charge is 0.126 e. The van der Waals surface area contributed by atoms with Gasteiger partial charge in [0.05, 0.1) is 0 Å². The van der Waals surface area contributed by atoms with Gasteiger partial charge in [-0.2, -0.15) is 0 Å². The molecule has 142 valence electrons. The average Bonchev–Trinajstić information content (AvgIpc) is 3.13. The van der Waals surface area contributed by atoms with Gasteiger partial charge in [0.1, 0.15) is 17.7 Å². The fraction of sp³-hybridized carbons (Fsp3) is 0.136. The van der Waals surface area contributed by atoms with Crippen LogP contribution in [0.15, 0.2) is 72.6 Å². The second-order valence-corrected chi connectivity index (χ2v) is 8.01. The van der Waals surface area contributed by atoms with E-state index in [1.54, 1.807) is 36.7 Å². The van der Waals surface area contributed by atoms with Crippen molar-refractivity contribution in [3.05, 3.63) is 106 Å². The van der Waals surface area contributed by atoms with E-state index < -0.39 is 17.7 Å². The first-order valence-corrected chi connectivity index (χ1v) is 10.1. The van der Waals surface area contributed by atoms with Crippen LogP contribution in [-0.4, -0.2) is 15.8 Å². The van der Waals surface area contributed by atoms with E-state index in [1.807, 2.05) is 12.1 Å². The largest absolute Gasteiger partial charge is 0.384 e. The minimum Gasteiger partial charge on any atom is -0.384 e. The number of hydrogen-bond donors (Lipinski definition) is 1. The molecular weight excluding hydrogens is 400 g/mol. The Morgan fingerprint density at radius 1 is 1.07 bits per heavy atom. The number of aromatic nitrogens is 1. The van der Waals surface area contributed by atoms with E-state index >= 15 is 0 Å². The van der Waals surface area contributed by atoms with Crippen LogP contribution in [0.1, 0.15) is 28.7 Å². The molecule has 6 heteroatoms. The van der Waals surface area contributed by atoms with Crippen molar-refractivity contribution in [1.82, 2.24) is 4.98 Å². The zero-order valence-corrected chi connectivity index (χ0v) is 16.2. The van der Waals surface area contributed by atoms with Crippen LogP contribution < -0.4 is 0 Å². The Morgan fingerprint density at radius 2 is 1.79 bits per heavy atom. The highest BCUT2D eigenvalue weighted by Gasteiger charge is 2.34. The quantitative estimate of drug-likeness (QED) is 0.568. The van der Waals surface area contributed by atoms with Crippen LogP contribution in [0.2, 0.25) is 5.02 Å². The van der Waals surface area contributed by atoms with Crippen molar-refractivity contribution in [2.24, 2.45) is 0 Å². The van der Waals surface area contributed by atoms with Gasteiger partial charge < -0.3 is 5.11 Å². The number of thioether (sulfide) groups is 1. The van der Waals surface area contributed by atoms with Crippen LogP contribution in [0.5, 0.6) is 0 Å². The van der Waals surface area contributed by atoms with Crippen molar-refractivity contribution in [3.8, 4) is 0 Å². The van der Waals surface area contributed by atoms with Gasteiger partial charge in [-0.1, -0.05) is 29.8 Å². The van der Waals surface area contributed by atoms with Gasteiger partial charge >= 0.3 is 0 Å². The minimum atomic E-state index is -0.939. The van der Waals surface area contributed by atoms with Gasteiger partial charge in [0, 0.05) is 45.6 Å². The second kappa shape index (κ2) is 8.03. The Balaban J connectivity index is 1.86. The van der Waals surface area contributed by atoms with Gasteiger partial charge in [0.25, 0.3) is 0 Å². The third kappa shape index (κ3) is 3.83. The van der Waals surface area contributed by atoms with E-state index in [-0.39, 0.29) is 5.92 Å².